The van der Waals surface area contributed by atoms with Gasteiger partial charge in [0.1, 0.15) is 0 Å². The molecule has 0 saturated heterocycles. The number of carbonyl (C=O) groups is 2. The number of nitrogens with one attached hydrogen (secondary N) is 2. The minimum Gasteiger partial charge on any atom is -0.359 e. The Morgan fingerprint density at radius 2 is 2.05 bits per heavy atom. The third kappa shape index (κ3) is 4.13. The van der Waals surface area contributed by atoms with Gasteiger partial charge in [0, 0.05) is 20.6 Å². The van der Waals surface area contributed by atoms with Gasteiger partial charge in [0.05, 0.1) is 16.6 Å². The summed E-state index contributed by atoms with van der Waals surface area (Å²) < 4.78 is 0. The van der Waals surface area contributed by atoms with E-state index in [4.69, 9.17) is 11.6 Å². The summed E-state index contributed by atoms with van der Waals surface area (Å²) >= 11 is 6.12. The van der Waals surface area contributed by atoms with Crippen molar-refractivity contribution in [3.63, 3.8) is 0 Å². The summed E-state index contributed by atoms with van der Waals surface area (Å²) in [6, 6.07) is 5.14. The summed E-state index contributed by atoms with van der Waals surface area (Å²) in [7, 11) is 3.21. The van der Waals surface area contributed by atoms with E-state index in [1.54, 1.807) is 27.1 Å². The van der Waals surface area contributed by atoms with Crippen LogP contribution < -0.4 is 10.6 Å². The van der Waals surface area contributed by atoms with Crippen LogP contribution in [0.15, 0.2) is 18.2 Å². The lowest BCUT2D eigenvalue weighted by Crippen LogP contribution is -2.39. The van der Waals surface area contributed by atoms with Crippen molar-refractivity contribution in [3.8, 4) is 0 Å². The molecule has 0 aliphatic rings. The number of aryl methyl sites for hydroxylation is 1. The first kappa shape index (κ1) is 16.3. The number of nitrogens with zero attached hydrogens (tertiary/aromatic N) is 1. The van der Waals surface area contributed by atoms with Crippen LogP contribution in [0.1, 0.15) is 12.5 Å². The van der Waals surface area contributed by atoms with Crippen molar-refractivity contribution in [1.29, 1.82) is 0 Å². The highest BCUT2D eigenvalue weighted by Crippen LogP contribution is 2.25. The normalized spacial score (nSPS) is 11.7. The van der Waals surface area contributed by atoms with Crippen molar-refractivity contribution in [2.24, 2.45) is 5.92 Å². The minimum atomic E-state index is -0.298. The molecule has 20 heavy (non-hydrogen) atoms. The third-order valence-corrected chi connectivity index (χ3v) is 3.52. The highest BCUT2D eigenvalue weighted by Gasteiger charge is 2.18. The number of halogens is 1. The van der Waals surface area contributed by atoms with Gasteiger partial charge in [0.25, 0.3) is 0 Å². The van der Waals surface area contributed by atoms with Gasteiger partial charge in [0.15, 0.2) is 0 Å². The molecule has 0 heterocycles. The van der Waals surface area contributed by atoms with Gasteiger partial charge < -0.3 is 15.5 Å². The van der Waals surface area contributed by atoms with Crippen LogP contribution >= 0.6 is 11.6 Å². The predicted octanol–water partition coefficient (Wildman–Crippen LogP) is 2.49. The largest absolute Gasteiger partial charge is 0.359 e. The second-order valence-corrected chi connectivity index (χ2v) is 5.14. The summed E-state index contributed by atoms with van der Waals surface area (Å²) in [6.45, 7) is 3.96. The lowest BCUT2D eigenvalue weighted by Gasteiger charge is -2.21. The van der Waals surface area contributed by atoms with Crippen molar-refractivity contribution in [2.75, 3.05) is 26.0 Å². The fourth-order valence-corrected chi connectivity index (χ4v) is 1.95. The van der Waals surface area contributed by atoms with Crippen molar-refractivity contribution < 1.29 is 9.59 Å². The number of benzene rings is 1. The van der Waals surface area contributed by atoms with E-state index in [1.807, 2.05) is 19.1 Å². The molecule has 1 aromatic rings. The molecule has 0 aliphatic heterocycles. The standard InChI is InChI=1S/C14H20ClN3O2/c1-9-6-5-7-11(12(9)15)17-14(20)18(4)8-10(2)13(19)16-3/h5-7,10H,8H2,1-4H3,(H,16,19)(H,17,20)/t10-/m1/s1. The molecule has 2 N–H and O–H groups in total. The maximum atomic E-state index is 12.0. The Hall–Kier alpha value is -1.75. The van der Waals surface area contributed by atoms with Crippen molar-refractivity contribution in [3.05, 3.63) is 28.8 Å². The number of hydrogen-bond acceptors (Lipinski definition) is 2. The zero-order chi connectivity index (χ0) is 15.3. The molecule has 6 heteroatoms. The number of hydrogen-bond donors (Lipinski definition) is 2. The second kappa shape index (κ2) is 7.14. The van der Waals surface area contributed by atoms with Gasteiger partial charge in [-0.25, -0.2) is 4.79 Å². The first-order valence-electron chi connectivity index (χ1n) is 6.35. The molecule has 1 aromatic carbocycles. The van der Waals surface area contributed by atoms with Crippen molar-refractivity contribution in [1.82, 2.24) is 10.2 Å². The van der Waals surface area contributed by atoms with Gasteiger partial charge in [-0.1, -0.05) is 30.7 Å². The van der Waals surface area contributed by atoms with Crippen LogP contribution in [0, 0.1) is 12.8 Å². The number of amides is 3. The van der Waals surface area contributed by atoms with Gasteiger partial charge in [-0.15, -0.1) is 0 Å². The zero-order valence-corrected chi connectivity index (χ0v) is 12.9. The Morgan fingerprint density at radius 3 is 2.65 bits per heavy atom. The molecule has 0 radical (unpaired) electrons. The Bertz CT molecular complexity index is 505. The molecule has 0 bridgehead atoms. The van der Waals surface area contributed by atoms with Crippen LogP contribution in [0.5, 0.6) is 0 Å². The van der Waals surface area contributed by atoms with Gasteiger partial charge in [-0.05, 0) is 18.6 Å². The fraction of sp³-hybridized carbons (Fsp3) is 0.429. The van der Waals surface area contributed by atoms with Crippen LogP contribution in [0.2, 0.25) is 5.02 Å². The van der Waals surface area contributed by atoms with E-state index >= 15 is 0 Å². The topological polar surface area (TPSA) is 61.4 Å². The van der Waals surface area contributed by atoms with E-state index in [0.717, 1.165) is 5.56 Å². The molecule has 3 amide bonds. The monoisotopic (exact) mass is 297 g/mol. The van der Waals surface area contributed by atoms with E-state index < -0.39 is 0 Å². The van der Waals surface area contributed by atoms with Gasteiger partial charge in [-0.3, -0.25) is 4.79 Å². The first-order chi connectivity index (χ1) is 9.36. The number of urea groups is 1. The molecule has 1 rings (SSSR count). The molecule has 0 aliphatic carbocycles. The lowest BCUT2D eigenvalue weighted by atomic mass is 10.1. The van der Waals surface area contributed by atoms with Crippen molar-refractivity contribution in [2.45, 2.75) is 13.8 Å². The van der Waals surface area contributed by atoms with Crippen LogP contribution in [-0.4, -0.2) is 37.5 Å². The summed E-state index contributed by atoms with van der Waals surface area (Å²) in [5.74, 6) is -0.373. The van der Waals surface area contributed by atoms with Gasteiger partial charge in [-0.2, -0.15) is 0 Å². The Labute approximate surface area is 124 Å². The Morgan fingerprint density at radius 1 is 1.40 bits per heavy atom. The second-order valence-electron chi connectivity index (χ2n) is 4.76. The average molecular weight is 298 g/mol. The SMILES string of the molecule is CNC(=O)[C@H](C)CN(C)C(=O)Nc1cccc(C)c1Cl. The van der Waals surface area contributed by atoms with E-state index in [9.17, 15) is 9.59 Å². The molecule has 1 atom stereocenters. The van der Waals surface area contributed by atoms with Crippen molar-refractivity contribution >= 4 is 29.2 Å². The van der Waals surface area contributed by atoms with Crippen LogP contribution in [-0.2, 0) is 4.79 Å². The van der Waals surface area contributed by atoms with E-state index in [-0.39, 0.29) is 17.9 Å². The first-order valence-corrected chi connectivity index (χ1v) is 6.73. The number of carbonyl (C=O) groups excluding carboxylic acids is 2. The average Bonchev–Trinajstić information content (AvgIpc) is 2.42. The molecule has 0 spiro atoms. The molecule has 0 aromatic heterocycles. The molecule has 0 saturated carbocycles. The molecule has 0 fully saturated rings. The predicted molar refractivity (Wildman–Crippen MR) is 81.1 cm³/mol. The zero-order valence-electron chi connectivity index (χ0n) is 12.2. The third-order valence-electron chi connectivity index (χ3n) is 3.02. The van der Waals surface area contributed by atoms with Crippen LogP contribution in [0.4, 0.5) is 10.5 Å². The highest BCUT2D eigenvalue weighted by atomic mass is 35.5. The smallest absolute Gasteiger partial charge is 0.321 e. The summed E-state index contributed by atoms with van der Waals surface area (Å²) in [5.41, 5.74) is 1.46. The number of anilines is 1. The maximum absolute atomic E-state index is 12.0. The van der Waals surface area contributed by atoms with Gasteiger partial charge in [0.2, 0.25) is 5.91 Å². The van der Waals surface area contributed by atoms with E-state index in [1.165, 1.54) is 4.90 Å². The maximum Gasteiger partial charge on any atom is 0.321 e. The summed E-state index contributed by atoms with van der Waals surface area (Å²) in [4.78, 5) is 24.9. The molecular weight excluding hydrogens is 278 g/mol. The van der Waals surface area contributed by atoms with E-state index in [0.29, 0.717) is 17.3 Å². The molecule has 5 nitrogen and oxygen atoms in total. The van der Waals surface area contributed by atoms with Crippen LogP contribution in [0.25, 0.3) is 0 Å². The fourth-order valence-electron chi connectivity index (χ4n) is 1.78. The minimum absolute atomic E-state index is 0.0989. The molecule has 0 unspecified atom stereocenters. The Kier molecular flexibility index (Phi) is 5.82. The lowest BCUT2D eigenvalue weighted by molar-refractivity contribution is -0.124. The van der Waals surface area contributed by atoms with E-state index in [2.05, 4.69) is 10.6 Å². The highest BCUT2D eigenvalue weighted by molar-refractivity contribution is 6.34. The summed E-state index contributed by atoms with van der Waals surface area (Å²) in [5, 5.41) is 5.82. The summed E-state index contributed by atoms with van der Waals surface area (Å²) in [6.07, 6.45) is 0. The molecule has 110 valence electrons. The quantitative estimate of drug-likeness (QED) is 0.897. The van der Waals surface area contributed by atoms with Gasteiger partial charge >= 0.3 is 6.03 Å². The number of rotatable bonds is 4. The molecular formula is C14H20ClN3O2. The Balaban J connectivity index is 2.66. The van der Waals surface area contributed by atoms with Crippen LogP contribution in [0.3, 0.4) is 0 Å².